The first-order valence-electron chi connectivity index (χ1n) is 6.74. The van der Waals surface area contributed by atoms with Gasteiger partial charge in [0, 0.05) is 23.5 Å². The fourth-order valence-corrected chi connectivity index (χ4v) is 2.05. The molecule has 0 saturated heterocycles. The molecule has 0 aliphatic carbocycles. The van der Waals surface area contributed by atoms with Crippen molar-refractivity contribution in [2.75, 3.05) is 11.9 Å². The van der Waals surface area contributed by atoms with Gasteiger partial charge in [-0.3, -0.25) is 14.7 Å². The summed E-state index contributed by atoms with van der Waals surface area (Å²) in [6, 6.07) is 6.76. The van der Waals surface area contributed by atoms with E-state index in [0.29, 0.717) is 29.1 Å². The Morgan fingerprint density at radius 3 is 2.33 bits per heavy atom. The monoisotopic (exact) mass is 286 g/mol. The average molecular weight is 286 g/mol. The maximum Gasteiger partial charge on any atom is 0.259 e. The largest absolute Gasteiger partial charge is 0.352 e. The number of rotatable bonds is 4. The lowest BCUT2D eigenvalue weighted by Crippen LogP contribution is -2.22. The van der Waals surface area contributed by atoms with Gasteiger partial charge in [0.05, 0.1) is 11.3 Å². The Kier molecular flexibility index (Phi) is 4.37. The first-order chi connectivity index (χ1) is 10.0. The summed E-state index contributed by atoms with van der Waals surface area (Å²) in [5.41, 5.74) is 3.12. The molecular weight excluding hydrogens is 268 g/mol. The van der Waals surface area contributed by atoms with Crippen molar-refractivity contribution in [1.82, 2.24) is 15.5 Å². The summed E-state index contributed by atoms with van der Waals surface area (Å²) < 4.78 is 0. The van der Waals surface area contributed by atoms with Gasteiger partial charge in [-0.15, -0.1) is 0 Å². The molecule has 0 atom stereocenters. The first-order valence-corrected chi connectivity index (χ1v) is 6.74. The Labute approximate surface area is 122 Å². The zero-order valence-corrected chi connectivity index (χ0v) is 12.3. The minimum absolute atomic E-state index is 0.128. The lowest BCUT2D eigenvalue weighted by Gasteiger charge is -2.07. The van der Waals surface area contributed by atoms with Crippen LogP contribution in [-0.2, 0) is 0 Å². The van der Waals surface area contributed by atoms with Gasteiger partial charge in [0.1, 0.15) is 0 Å². The Balaban J connectivity index is 2.10. The SMILES string of the molecule is CCNC(=O)c1ccc(NC(=O)c2c(C)n[nH]c2C)cc1. The average Bonchev–Trinajstić information content (AvgIpc) is 2.79. The summed E-state index contributed by atoms with van der Waals surface area (Å²) in [6.07, 6.45) is 0. The van der Waals surface area contributed by atoms with E-state index >= 15 is 0 Å². The van der Waals surface area contributed by atoms with Crippen LogP contribution in [0.1, 0.15) is 39.0 Å². The van der Waals surface area contributed by atoms with Gasteiger partial charge in [-0.1, -0.05) is 0 Å². The Hall–Kier alpha value is -2.63. The molecule has 21 heavy (non-hydrogen) atoms. The molecule has 0 unspecified atom stereocenters. The van der Waals surface area contributed by atoms with Crippen molar-refractivity contribution in [2.45, 2.75) is 20.8 Å². The summed E-state index contributed by atoms with van der Waals surface area (Å²) in [5.74, 6) is -0.346. The van der Waals surface area contributed by atoms with E-state index in [-0.39, 0.29) is 11.8 Å². The predicted octanol–water partition coefficient (Wildman–Crippen LogP) is 2.03. The van der Waals surface area contributed by atoms with E-state index in [2.05, 4.69) is 20.8 Å². The smallest absolute Gasteiger partial charge is 0.259 e. The fourth-order valence-electron chi connectivity index (χ4n) is 2.05. The normalized spacial score (nSPS) is 10.2. The maximum atomic E-state index is 12.2. The number of hydrogen-bond donors (Lipinski definition) is 3. The summed E-state index contributed by atoms with van der Waals surface area (Å²) in [4.78, 5) is 23.8. The van der Waals surface area contributed by atoms with Gasteiger partial charge < -0.3 is 10.6 Å². The highest BCUT2D eigenvalue weighted by Crippen LogP contribution is 2.14. The lowest BCUT2D eigenvalue weighted by atomic mass is 10.1. The van der Waals surface area contributed by atoms with Gasteiger partial charge in [0.2, 0.25) is 0 Å². The number of nitrogens with one attached hydrogen (secondary N) is 3. The molecule has 0 aliphatic heterocycles. The highest BCUT2D eigenvalue weighted by molar-refractivity contribution is 6.06. The van der Waals surface area contributed by atoms with Crippen molar-refractivity contribution < 1.29 is 9.59 Å². The Morgan fingerprint density at radius 2 is 1.81 bits per heavy atom. The van der Waals surface area contributed by atoms with E-state index in [1.807, 2.05) is 6.92 Å². The maximum absolute atomic E-state index is 12.2. The van der Waals surface area contributed by atoms with Crippen LogP contribution in [0.4, 0.5) is 5.69 Å². The molecule has 1 heterocycles. The van der Waals surface area contributed by atoms with E-state index in [1.165, 1.54) is 0 Å². The number of carbonyl (C=O) groups excluding carboxylic acids is 2. The summed E-state index contributed by atoms with van der Waals surface area (Å²) in [6.45, 7) is 6.02. The number of nitrogens with zero attached hydrogens (tertiary/aromatic N) is 1. The van der Waals surface area contributed by atoms with Crippen LogP contribution >= 0.6 is 0 Å². The van der Waals surface area contributed by atoms with Crippen LogP contribution in [0.2, 0.25) is 0 Å². The quantitative estimate of drug-likeness (QED) is 0.803. The number of benzene rings is 1. The van der Waals surface area contributed by atoms with Crippen LogP contribution < -0.4 is 10.6 Å². The van der Waals surface area contributed by atoms with Crippen LogP contribution in [0, 0.1) is 13.8 Å². The van der Waals surface area contributed by atoms with E-state index in [1.54, 1.807) is 38.1 Å². The van der Waals surface area contributed by atoms with Gasteiger partial charge in [-0.25, -0.2) is 0 Å². The van der Waals surface area contributed by atoms with Crippen molar-refractivity contribution in [3.05, 3.63) is 46.8 Å². The molecule has 0 saturated carbocycles. The van der Waals surface area contributed by atoms with Gasteiger partial charge in [-0.2, -0.15) is 5.10 Å². The van der Waals surface area contributed by atoms with Gasteiger partial charge in [-0.05, 0) is 45.0 Å². The number of hydrogen-bond acceptors (Lipinski definition) is 3. The van der Waals surface area contributed by atoms with Crippen LogP contribution in [-0.4, -0.2) is 28.6 Å². The predicted molar refractivity (Wildman–Crippen MR) is 80.5 cm³/mol. The molecule has 6 nitrogen and oxygen atoms in total. The molecule has 0 radical (unpaired) electrons. The standard InChI is InChI=1S/C15H18N4O2/c1-4-16-14(20)11-5-7-12(8-6-11)17-15(21)13-9(2)18-19-10(13)3/h5-8H,4H2,1-3H3,(H,16,20)(H,17,21)(H,18,19). The second kappa shape index (κ2) is 6.21. The molecular formula is C15H18N4O2. The number of anilines is 1. The molecule has 3 N–H and O–H groups in total. The number of amides is 2. The second-order valence-electron chi connectivity index (χ2n) is 4.70. The molecule has 2 rings (SSSR count). The minimum Gasteiger partial charge on any atom is -0.352 e. The van der Waals surface area contributed by atoms with Crippen LogP contribution in [0.25, 0.3) is 0 Å². The molecule has 2 aromatic rings. The molecule has 6 heteroatoms. The van der Waals surface area contributed by atoms with Crippen molar-refractivity contribution >= 4 is 17.5 Å². The van der Waals surface area contributed by atoms with Crippen LogP contribution in [0.5, 0.6) is 0 Å². The number of aromatic nitrogens is 2. The zero-order valence-electron chi connectivity index (χ0n) is 12.3. The van der Waals surface area contributed by atoms with E-state index in [4.69, 9.17) is 0 Å². The molecule has 110 valence electrons. The molecule has 1 aromatic carbocycles. The van der Waals surface area contributed by atoms with Crippen molar-refractivity contribution in [3.8, 4) is 0 Å². The molecule has 0 bridgehead atoms. The number of aromatic amines is 1. The van der Waals surface area contributed by atoms with E-state index < -0.39 is 0 Å². The highest BCUT2D eigenvalue weighted by Gasteiger charge is 2.15. The minimum atomic E-state index is -0.218. The number of aryl methyl sites for hydroxylation is 2. The van der Waals surface area contributed by atoms with Gasteiger partial charge >= 0.3 is 0 Å². The molecule has 0 spiro atoms. The van der Waals surface area contributed by atoms with Gasteiger partial charge in [0.25, 0.3) is 11.8 Å². The molecule has 2 amide bonds. The first kappa shape index (κ1) is 14.8. The summed E-state index contributed by atoms with van der Waals surface area (Å²) in [7, 11) is 0. The molecule has 0 fully saturated rings. The van der Waals surface area contributed by atoms with Crippen LogP contribution in [0.3, 0.4) is 0 Å². The third kappa shape index (κ3) is 3.28. The fraction of sp³-hybridized carbons (Fsp3) is 0.267. The molecule has 0 aliphatic rings. The van der Waals surface area contributed by atoms with E-state index in [9.17, 15) is 9.59 Å². The zero-order chi connectivity index (χ0) is 15.4. The van der Waals surface area contributed by atoms with Crippen molar-refractivity contribution in [2.24, 2.45) is 0 Å². The Bertz CT molecular complexity index is 639. The molecule has 1 aromatic heterocycles. The van der Waals surface area contributed by atoms with Crippen LogP contribution in [0.15, 0.2) is 24.3 Å². The highest BCUT2D eigenvalue weighted by atomic mass is 16.2. The van der Waals surface area contributed by atoms with E-state index in [0.717, 1.165) is 5.69 Å². The van der Waals surface area contributed by atoms with Gasteiger partial charge in [0.15, 0.2) is 0 Å². The number of carbonyl (C=O) groups is 2. The third-order valence-corrected chi connectivity index (χ3v) is 3.10. The topological polar surface area (TPSA) is 86.9 Å². The lowest BCUT2D eigenvalue weighted by molar-refractivity contribution is 0.0955. The Morgan fingerprint density at radius 1 is 1.14 bits per heavy atom. The summed E-state index contributed by atoms with van der Waals surface area (Å²) in [5, 5.41) is 12.3. The third-order valence-electron chi connectivity index (χ3n) is 3.10. The second-order valence-corrected chi connectivity index (χ2v) is 4.70. The van der Waals surface area contributed by atoms with Crippen molar-refractivity contribution in [1.29, 1.82) is 0 Å². The summed E-state index contributed by atoms with van der Waals surface area (Å²) >= 11 is 0. The van der Waals surface area contributed by atoms with Crippen molar-refractivity contribution in [3.63, 3.8) is 0 Å². The number of H-pyrrole nitrogens is 1.